The number of hydrogen-bond donors (Lipinski definition) is 2. The summed E-state index contributed by atoms with van der Waals surface area (Å²) in [4.78, 5) is 44.0. The molecule has 10 heteroatoms. The number of imidazole rings is 1. The van der Waals surface area contributed by atoms with Crippen molar-refractivity contribution in [2.24, 2.45) is 12.8 Å². The van der Waals surface area contributed by atoms with Crippen molar-refractivity contribution in [3.05, 3.63) is 26.7 Å². The molecule has 3 rings (SSSR count). The first-order chi connectivity index (χ1) is 11.0. The minimum absolute atomic E-state index is 0.169. The van der Waals surface area contributed by atoms with Crippen molar-refractivity contribution in [2.75, 3.05) is 26.3 Å². The zero-order valence-corrected chi connectivity index (χ0v) is 12.7. The van der Waals surface area contributed by atoms with Gasteiger partial charge in [0.25, 0.3) is 5.56 Å². The number of ether oxygens (including phenoxy) is 1. The normalized spacial score (nSPS) is 16.0. The lowest BCUT2D eigenvalue weighted by Crippen LogP contribution is -2.37. The van der Waals surface area contributed by atoms with E-state index in [1.165, 1.54) is 16.2 Å². The molecule has 1 aliphatic rings. The van der Waals surface area contributed by atoms with Gasteiger partial charge in [-0.25, -0.2) is 9.78 Å². The van der Waals surface area contributed by atoms with Crippen LogP contribution < -0.4 is 17.0 Å². The number of aromatic amines is 1. The van der Waals surface area contributed by atoms with E-state index in [1.807, 2.05) is 0 Å². The number of morpholine rings is 1. The summed E-state index contributed by atoms with van der Waals surface area (Å²) in [5.74, 6) is -0.0619. The fraction of sp³-hybridized carbons (Fsp3) is 0.538. The van der Waals surface area contributed by atoms with Gasteiger partial charge in [-0.2, -0.15) is 0 Å². The molecule has 23 heavy (non-hydrogen) atoms. The van der Waals surface area contributed by atoms with Crippen LogP contribution in [0.3, 0.4) is 0 Å². The van der Waals surface area contributed by atoms with Gasteiger partial charge in [0.1, 0.15) is 12.4 Å². The molecule has 2 aromatic heterocycles. The van der Waals surface area contributed by atoms with Gasteiger partial charge in [0.2, 0.25) is 5.91 Å². The zero-order chi connectivity index (χ0) is 16.6. The average molecular weight is 322 g/mol. The van der Waals surface area contributed by atoms with Crippen LogP contribution in [0.25, 0.3) is 11.2 Å². The molecule has 0 radical (unpaired) electrons. The van der Waals surface area contributed by atoms with Crippen LogP contribution in [0.4, 0.5) is 0 Å². The Kier molecular flexibility index (Phi) is 4.01. The van der Waals surface area contributed by atoms with Crippen molar-refractivity contribution in [3.63, 3.8) is 0 Å². The molecule has 1 amide bonds. The molecule has 0 saturated carbocycles. The summed E-state index contributed by atoms with van der Waals surface area (Å²) in [6.45, 7) is 2.98. The van der Waals surface area contributed by atoms with Crippen LogP contribution in [0, 0.1) is 0 Å². The first kappa shape index (κ1) is 15.4. The maximum atomic E-state index is 12.1. The summed E-state index contributed by atoms with van der Waals surface area (Å²) in [7, 11) is 1.51. The van der Waals surface area contributed by atoms with Gasteiger partial charge in [0, 0.05) is 20.1 Å². The molecule has 124 valence electrons. The first-order valence-electron chi connectivity index (χ1n) is 7.24. The lowest BCUT2D eigenvalue weighted by molar-refractivity contribution is -0.118. The SMILES string of the molecule is Cn1c(=O)[nH]c(=O)c2c1nc(CN1CCOCC1)n2CC(N)=O. The Morgan fingerprint density at radius 3 is 2.70 bits per heavy atom. The van der Waals surface area contributed by atoms with Crippen molar-refractivity contribution in [1.29, 1.82) is 0 Å². The highest BCUT2D eigenvalue weighted by Gasteiger charge is 2.21. The predicted molar refractivity (Wildman–Crippen MR) is 80.9 cm³/mol. The number of hydrogen-bond acceptors (Lipinski definition) is 6. The van der Waals surface area contributed by atoms with E-state index in [9.17, 15) is 14.4 Å². The van der Waals surface area contributed by atoms with Gasteiger partial charge >= 0.3 is 5.69 Å². The number of carbonyl (C=O) groups excluding carboxylic acids is 1. The third kappa shape index (κ3) is 2.90. The number of aryl methyl sites for hydroxylation is 1. The van der Waals surface area contributed by atoms with Gasteiger partial charge in [-0.1, -0.05) is 0 Å². The van der Waals surface area contributed by atoms with E-state index in [1.54, 1.807) is 0 Å². The first-order valence-corrected chi connectivity index (χ1v) is 7.24. The second kappa shape index (κ2) is 5.97. The molecule has 0 bridgehead atoms. The molecule has 3 N–H and O–H groups in total. The molecule has 10 nitrogen and oxygen atoms in total. The Balaban J connectivity index is 2.13. The Morgan fingerprint density at radius 1 is 1.35 bits per heavy atom. The lowest BCUT2D eigenvalue weighted by atomic mass is 10.4. The third-order valence-electron chi connectivity index (χ3n) is 3.87. The summed E-state index contributed by atoms with van der Waals surface area (Å²) >= 11 is 0. The fourth-order valence-corrected chi connectivity index (χ4v) is 2.69. The molecule has 1 aliphatic heterocycles. The Bertz CT molecular complexity index is 858. The number of nitrogens with two attached hydrogens (primary N) is 1. The van der Waals surface area contributed by atoms with Gasteiger partial charge in [-0.15, -0.1) is 0 Å². The van der Waals surface area contributed by atoms with Crippen LogP contribution in [-0.4, -0.2) is 56.2 Å². The maximum Gasteiger partial charge on any atom is 0.329 e. The van der Waals surface area contributed by atoms with Crippen molar-refractivity contribution in [2.45, 2.75) is 13.1 Å². The molecule has 0 atom stereocenters. The summed E-state index contributed by atoms with van der Waals surface area (Å²) in [6, 6.07) is 0. The van der Waals surface area contributed by atoms with E-state index in [0.717, 1.165) is 13.1 Å². The second-order valence-corrected chi connectivity index (χ2v) is 5.46. The van der Waals surface area contributed by atoms with Crippen LogP contribution in [-0.2, 0) is 29.7 Å². The molecular formula is C13H18N6O4. The highest BCUT2D eigenvalue weighted by atomic mass is 16.5. The molecule has 0 aromatic carbocycles. The van der Waals surface area contributed by atoms with E-state index in [0.29, 0.717) is 25.6 Å². The number of carbonyl (C=O) groups is 1. The van der Waals surface area contributed by atoms with E-state index in [4.69, 9.17) is 10.5 Å². The van der Waals surface area contributed by atoms with Crippen molar-refractivity contribution < 1.29 is 9.53 Å². The predicted octanol–water partition coefficient (Wildman–Crippen LogP) is -2.26. The van der Waals surface area contributed by atoms with Gasteiger partial charge in [-0.05, 0) is 0 Å². The van der Waals surface area contributed by atoms with Crippen molar-refractivity contribution in [3.8, 4) is 0 Å². The van der Waals surface area contributed by atoms with Crippen molar-refractivity contribution >= 4 is 17.1 Å². The van der Waals surface area contributed by atoms with Gasteiger partial charge in [0.15, 0.2) is 11.2 Å². The largest absolute Gasteiger partial charge is 0.379 e. The Morgan fingerprint density at radius 2 is 2.04 bits per heavy atom. The third-order valence-corrected chi connectivity index (χ3v) is 3.87. The molecule has 3 heterocycles. The fourth-order valence-electron chi connectivity index (χ4n) is 2.69. The maximum absolute atomic E-state index is 12.1. The quantitative estimate of drug-likeness (QED) is 0.654. The number of nitrogens with zero attached hydrogens (tertiary/aromatic N) is 4. The highest BCUT2D eigenvalue weighted by molar-refractivity contribution is 5.78. The minimum atomic E-state index is -0.583. The number of fused-ring (bicyclic) bond motifs is 1. The number of nitrogens with one attached hydrogen (secondary N) is 1. The molecule has 0 spiro atoms. The summed E-state index contributed by atoms with van der Waals surface area (Å²) in [6.07, 6.45) is 0. The number of aromatic nitrogens is 4. The number of H-pyrrole nitrogens is 1. The van der Waals surface area contributed by atoms with E-state index in [2.05, 4.69) is 14.9 Å². The monoisotopic (exact) mass is 322 g/mol. The summed E-state index contributed by atoms with van der Waals surface area (Å²) in [5, 5.41) is 0. The van der Waals surface area contributed by atoms with E-state index < -0.39 is 17.2 Å². The molecular weight excluding hydrogens is 304 g/mol. The zero-order valence-electron chi connectivity index (χ0n) is 12.7. The summed E-state index contributed by atoms with van der Waals surface area (Å²) < 4.78 is 8.03. The van der Waals surface area contributed by atoms with E-state index >= 15 is 0 Å². The summed E-state index contributed by atoms with van der Waals surface area (Å²) in [5.41, 5.74) is 4.58. The number of primary amides is 1. The minimum Gasteiger partial charge on any atom is -0.379 e. The lowest BCUT2D eigenvalue weighted by Gasteiger charge is -2.26. The van der Waals surface area contributed by atoms with Crippen LogP contribution in [0.1, 0.15) is 5.82 Å². The average Bonchev–Trinajstić information content (AvgIpc) is 2.84. The molecule has 1 saturated heterocycles. The number of amides is 1. The Hall–Kier alpha value is -2.46. The second-order valence-electron chi connectivity index (χ2n) is 5.46. The molecule has 0 aliphatic carbocycles. The number of rotatable bonds is 4. The topological polar surface area (TPSA) is 128 Å². The molecule has 1 fully saturated rings. The van der Waals surface area contributed by atoms with Gasteiger partial charge in [0.05, 0.1) is 19.8 Å². The smallest absolute Gasteiger partial charge is 0.329 e. The van der Waals surface area contributed by atoms with Gasteiger partial charge in [-0.3, -0.25) is 24.0 Å². The van der Waals surface area contributed by atoms with Gasteiger partial charge < -0.3 is 15.0 Å². The van der Waals surface area contributed by atoms with Crippen LogP contribution in [0.15, 0.2) is 9.59 Å². The Labute approximate surface area is 130 Å². The van der Waals surface area contributed by atoms with Crippen LogP contribution >= 0.6 is 0 Å². The van der Waals surface area contributed by atoms with Crippen molar-refractivity contribution in [1.82, 2.24) is 24.0 Å². The van der Waals surface area contributed by atoms with Crippen LogP contribution in [0.5, 0.6) is 0 Å². The highest BCUT2D eigenvalue weighted by Crippen LogP contribution is 2.13. The molecule has 2 aromatic rings. The van der Waals surface area contributed by atoms with E-state index in [-0.39, 0.29) is 17.7 Å². The van der Waals surface area contributed by atoms with Crippen LogP contribution in [0.2, 0.25) is 0 Å². The standard InChI is InChI=1S/C13H18N6O4/c1-17-11-10(12(21)16-13(17)22)19(6-8(14)20)9(15-11)7-18-2-4-23-5-3-18/h2-7H2,1H3,(H2,14,20)(H,16,21,22). The molecule has 0 unspecified atom stereocenters.